The summed E-state index contributed by atoms with van der Waals surface area (Å²) in [6.07, 6.45) is 0.831. The number of hydrogen-bond acceptors (Lipinski definition) is 2. The van der Waals surface area contributed by atoms with Crippen molar-refractivity contribution >= 4 is 33.9 Å². The molecule has 110 valence electrons. The van der Waals surface area contributed by atoms with E-state index in [1.807, 2.05) is 60.7 Å². The van der Waals surface area contributed by atoms with Crippen LogP contribution in [0.1, 0.15) is 26.3 Å². The van der Waals surface area contributed by atoms with Gasteiger partial charge in [0.1, 0.15) is 6.29 Å². The van der Waals surface area contributed by atoms with Gasteiger partial charge in [-0.1, -0.05) is 30.3 Å². The minimum Gasteiger partial charge on any atom is -0.355 e. The van der Waals surface area contributed by atoms with E-state index >= 15 is 0 Å². The Balaban J connectivity index is 1.91. The number of benzene rings is 3. The lowest BCUT2D eigenvalue weighted by molar-refractivity contribution is 0.103. The van der Waals surface area contributed by atoms with E-state index in [1.54, 1.807) is 6.07 Å². The van der Waals surface area contributed by atoms with Crippen LogP contribution in [0.2, 0.25) is 0 Å². The molecular weight excluding hydrogens is 286 g/mol. The minimum atomic E-state index is -0.00612. The molecule has 0 aliphatic carbocycles. The molecule has 3 aromatic carbocycles. The average Bonchev–Trinajstić information content (AvgIpc) is 2.98. The Bertz CT molecular complexity index is 1050. The van der Waals surface area contributed by atoms with Crippen molar-refractivity contribution in [3.8, 4) is 0 Å². The van der Waals surface area contributed by atoms with Crippen molar-refractivity contribution in [2.45, 2.75) is 0 Å². The first-order valence-corrected chi connectivity index (χ1v) is 7.37. The van der Waals surface area contributed by atoms with E-state index < -0.39 is 0 Å². The van der Waals surface area contributed by atoms with Crippen LogP contribution in [0.4, 0.5) is 0 Å². The first kappa shape index (κ1) is 13.5. The third-order valence-corrected chi connectivity index (χ3v) is 4.06. The molecular formula is C20H13NO2. The van der Waals surface area contributed by atoms with Gasteiger partial charge in [0.25, 0.3) is 0 Å². The number of fused-ring (bicyclic) bond motifs is 3. The van der Waals surface area contributed by atoms with Gasteiger partial charge in [-0.3, -0.25) is 9.59 Å². The third-order valence-electron chi connectivity index (χ3n) is 4.06. The SMILES string of the molecule is O=Cc1ccc2[nH]c3ccc(C(=O)c4ccccc4)cc3c2c1. The summed E-state index contributed by atoms with van der Waals surface area (Å²) in [5, 5.41) is 1.90. The van der Waals surface area contributed by atoms with Crippen molar-refractivity contribution in [2.24, 2.45) is 0 Å². The normalized spacial score (nSPS) is 11.0. The fourth-order valence-electron chi connectivity index (χ4n) is 2.89. The fraction of sp³-hybridized carbons (Fsp3) is 0. The number of ketones is 1. The molecule has 0 aliphatic heterocycles. The Morgan fingerprint density at radius 1 is 0.783 bits per heavy atom. The Hall–Kier alpha value is -3.20. The standard InChI is InChI=1S/C20H13NO2/c22-12-13-6-8-18-16(10-13)17-11-15(7-9-19(17)21-18)20(23)14-4-2-1-3-5-14/h1-12,21H. The third kappa shape index (κ3) is 2.23. The molecule has 1 heterocycles. The van der Waals surface area contributed by atoms with Gasteiger partial charge in [-0.25, -0.2) is 0 Å². The molecule has 0 aliphatic rings. The van der Waals surface area contributed by atoms with Gasteiger partial charge >= 0.3 is 0 Å². The first-order valence-electron chi connectivity index (χ1n) is 7.37. The van der Waals surface area contributed by atoms with Crippen LogP contribution < -0.4 is 0 Å². The maximum Gasteiger partial charge on any atom is 0.193 e. The molecule has 0 unspecified atom stereocenters. The van der Waals surface area contributed by atoms with E-state index in [0.717, 1.165) is 28.1 Å². The molecule has 4 aromatic rings. The number of carbonyl (C=O) groups is 2. The highest BCUT2D eigenvalue weighted by atomic mass is 16.1. The summed E-state index contributed by atoms with van der Waals surface area (Å²) in [5.41, 5.74) is 3.84. The van der Waals surface area contributed by atoms with Gasteiger partial charge in [0.05, 0.1) is 0 Å². The number of carbonyl (C=O) groups excluding carboxylic acids is 2. The van der Waals surface area contributed by atoms with E-state index in [4.69, 9.17) is 0 Å². The van der Waals surface area contributed by atoms with Crippen molar-refractivity contribution in [1.29, 1.82) is 0 Å². The molecule has 3 nitrogen and oxygen atoms in total. The molecule has 0 atom stereocenters. The minimum absolute atomic E-state index is 0.00612. The van der Waals surface area contributed by atoms with Crippen LogP contribution in [0.25, 0.3) is 21.8 Å². The molecule has 0 bridgehead atoms. The zero-order valence-corrected chi connectivity index (χ0v) is 12.2. The molecule has 0 spiro atoms. The number of aldehydes is 1. The largest absolute Gasteiger partial charge is 0.355 e. The van der Waals surface area contributed by atoms with Crippen molar-refractivity contribution in [3.05, 3.63) is 83.4 Å². The number of rotatable bonds is 3. The molecule has 3 heteroatoms. The first-order chi connectivity index (χ1) is 11.3. The smallest absolute Gasteiger partial charge is 0.193 e. The van der Waals surface area contributed by atoms with Crippen LogP contribution in [0.5, 0.6) is 0 Å². The monoisotopic (exact) mass is 299 g/mol. The molecule has 0 saturated carbocycles. The van der Waals surface area contributed by atoms with E-state index in [1.165, 1.54) is 0 Å². The second-order valence-electron chi connectivity index (χ2n) is 5.50. The van der Waals surface area contributed by atoms with E-state index in [-0.39, 0.29) is 5.78 Å². The van der Waals surface area contributed by atoms with Crippen LogP contribution >= 0.6 is 0 Å². The van der Waals surface area contributed by atoms with Crippen molar-refractivity contribution in [3.63, 3.8) is 0 Å². The van der Waals surface area contributed by atoms with Crippen LogP contribution in [0, 0.1) is 0 Å². The van der Waals surface area contributed by atoms with Crippen LogP contribution in [-0.4, -0.2) is 17.1 Å². The van der Waals surface area contributed by atoms with Gasteiger partial charge in [0, 0.05) is 38.5 Å². The van der Waals surface area contributed by atoms with Crippen molar-refractivity contribution < 1.29 is 9.59 Å². The second kappa shape index (κ2) is 5.21. The van der Waals surface area contributed by atoms with Crippen LogP contribution in [0.3, 0.4) is 0 Å². The zero-order chi connectivity index (χ0) is 15.8. The lowest BCUT2D eigenvalue weighted by Crippen LogP contribution is -2.00. The van der Waals surface area contributed by atoms with Gasteiger partial charge < -0.3 is 4.98 Å². The summed E-state index contributed by atoms with van der Waals surface area (Å²) in [6, 6.07) is 20.4. The molecule has 0 amide bonds. The summed E-state index contributed by atoms with van der Waals surface area (Å²) < 4.78 is 0. The maximum atomic E-state index is 12.6. The number of H-pyrrole nitrogens is 1. The topological polar surface area (TPSA) is 49.9 Å². The van der Waals surface area contributed by atoms with E-state index in [2.05, 4.69) is 4.98 Å². The second-order valence-corrected chi connectivity index (χ2v) is 5.50. The Kier molecular flexibility index (Phi) is 3.05. The number of nitrogens with one attached hydrogen (secondary N) is 1. The fourth-order valence-corrected chi connectivity index (χ4v) is 2.89. The maximum absolute atomic E-state index is 12.6. The van der Waals surface area contributed by atoms with Gasteiger partial charge in [-0.05, 0) is 36.4 Å². The highest BCUT2D eigenvalue weighted by Crippen LogP contribution is 2.27. The van der Waals surface area contributed by atoms with Crippen molar-refractivity contribution in [2.75, 3.05) is 0 Å². The molecule has 0 saturated heterocycles. The summed E-state index contributed by atoms with van der Waals surface area (Å²) in [5.74, 6) is -0.00612. The number of hydrogen-bond donors (Lipinski definition) is 1. The summed E-state index contributed by atoms with van der Waals surface area (Å²) >= 11 is 0. The van der Waals surface area contributed by atoms with E-state index in [9.17, 15) is 9.59 Å². The molecule has 0 fully saturated rings. The number of aromatic nitrogens is 1. The van der Waals surface area contributed by atoms with E-state index in [0.29, 0.717) is 16.7 Å². The molecule has 23 heavy (non-hydrogen) atoms. The Labute approximate surface area is 132 Å². The van der Waals surface area contributed by atoms with Gasteiger partial charge in [-0.2, -0.15) is 0 Å². The Morgan fingerprint density at radius 2 is 1.48 bits per heavy atom. The summed E-state index contributed by atoms with van der Waals surface area (Å²) in [4.78, 5) is 26.9. The van der Waals surface area contributed by atoms with Crippen LogP contribution in [0.15, 0.2) is 66.7 Å². The molecule has 4 rings (SSSR count). The molecule has 1 N–H and O–H groups in total. The Morgan fingerprint density at radius 3 is 2.22 bits per heavy atom. The predicted molar refractivity (Wildman–Crippen MR) is 91.1 cm³/mol. The molecule has 1 aromatic heterocycles. The van der Waals surface area contributed by atoms with Gasteiger partial charge in [0.15, 0.2) is 5.78 Å². The highest BCUT2D eigenvalue weighted by Gasteiger charge is 2.11. The lowest BCUT2D eigenvalue weighted by atomic mass is 10.0. The predicted octanol–water partition coefficient (Wildman–Crippen LogP) is 4.36. The van der Waals surface area contributed by atoms with Gasteiger partial charge in [-0.15, -0.1) is 0 Å². The highest BCUT2D eigenvalue weighted by molar-refractivity contribution is 6.14. The molecule has 0 radical (unpaired) electrons. The summed E-state index contributed by atoms with van der Waals surface area (Å²) in [6.45, 7) is 0. The zero-order valence-electron chi connectivity index (χ0n) is 12.2. The van der Waals surface area contributed by atoms with Crippen molar-refractivity contribution in [1.82, 2.24) is 4.98 Å². The summed E-state index contributed by atoms with van der Waals surface area (Å²) in [7, 11) is 0. The quantitative estimate of drug-likeness (QED) is 0.451. The number of aromatic amines is 1. The van der Waals surface area contributed by atoms with Crippen LogP contribution in [-0.2, 0) is 0 Å². The van der Waals surface area contributed by atoms with Gasteiger partial charge in [0.2, 0.25) is 0 Å². The lowest BCUT2D eigenvalue weighted by Gasteiger charge is -2.01. The average molecular weight is 299 g/mol.